The quantitative estimate of drug-likeness (QED) is 0.796. The second-order valence-electron chi connectivity index (χ2n) is 4.29. The number of aliphatic hydroxyl groups excluding tert-OH is 1. The van der Waals surface area contributed by atoms with Gasteiger partial charge in [-0.1, -0.05) is 19.4 Å². The van der Waals surface area contributed by atoms with E-state index < -0.39 is 15.8 Å². The third-order valence-electron chi connectivity index (χ3n) is 2.76. The zero-order valence-electron chi connectivity index (χ0n) is 11.0. The zero-order valence-corrected chi connectivity index (χ0v) is 11.9. The fraction of sp³-hybridized carbons (Fsp3) is 0.538. The lowest BCUT2D eigenvalue weighted by atomic mass is 10.3. The van der Waals surface area contributed by atoms with E-state index >= 15 is 0 Å². The van der Waals surface area contributed by atoms with Gasteiger partial charge in [0, 0.05) is 19.7 Å². The largest absolute Gasteiger partial charge is 0.396 e. The molecule has 6 heteroatoms. The van der Waals surface area contributed by atoms with Gasteiger partial charge in [0.05, 0.1) is 4.90 Å². The van der Waals surface area contributed by atoms with Crippen LogP contribution in [0, 0.1) is 5.82 Å². The molecule has 0 aliphatic carbocycles. The highest BCUT2D eigenvalue weighted by molar-refractivity contribution is 7.89. The summed E-state index contributed by atoms with van der Waals surface area (Å²) in [6, 6.07) is 5.00. The molecule has 0 aliphatic heterocycles. The lowest BCUT2D eigenvalue weighted by Crippen LogP contribution is -2.33. The standard InChI is InChI=1S/C13H20FNO3S/c1-2-3-8-15(9-5-10-16)19(17,18)13-7-4-6-12(14)11-13/h4,6-7,11,16H,2-3,5,8-10H2,1H3. The van der Waals surface area contributed by atoms with Gasteiger partial charge >= 0.3 is 0 Å². The summed E-state index contributed by atoms with van der Waals surface area (Å²) in [5.74, 6) is -0.571. The predicted octanol–water partition coefficient (Wildman–Crippen LogP) is 2.00. The molecule has 0 atom stereocenters. The summed E-state index contributed by atoms with van der Waals surface area (Å²) in [5.41, 5.74) is 0. The highest BCUT2D eigenvalue weighted by Gasteiger charge is 2.23. The van der Waals surface area contributed by atoms with E-state index in [2.05, 4.69) is 0 Å². The number of aliphatic hydroxyl groups is 1. The van der Waals surface area contributed by atoms with Crippen molar-refractivity contribution in [2.75, 3.05) is 19.7 Å². The summed E-state index contributed by atoms with van der Waals surface area (Å²) in [6.07, 6.45) is 1.98. The normalized spacial score (nSPS) is 12.0. The average Bonchev–Trinajstić information content (AvgIpc) is 2.38. The molecule has 0 bridgehead atoms. The van der Waals surface area contributed by atoms with Gasteiger partial charge in [0.15, 0.2) is 0 Å². The SMILES string of the molecule is CCCCN(CCCO)S(=O)(=O)c1cccc(F)c1. The Balaban J connectivity index is 2.97. The van der Waals surface area contributed by atoms with Crippen molar-refractivity contribution >= 4 is 10.0 Å². The van der Waals surface area contributed by atoms with E-state index in [-0.39, 0.29) is 18.0 Å². The second-order valence-corrected chi connectivity index (χ2v) is 6.23. The predicted molar refractivity (Wildman–Crippen MR) is 71.8 cm³/mol. The number of hydrogen-bond acceptors (Lipinski definition) is 3. The van der Waals surface area contributed by atoms with Gasteiger partial charge in [0.1, 0.15) is 5.82 Å². The number of rotatable bonds is 8. The summed E-state index contributed by atoms with van der Waals surface area (Å²) in [6.45, 7) is 2.53. The van der Waals surface area contributed by atoms with Crippen molar-refractivity contribution in [1.29, 1.82) is 0 Å². The van der Waals surface area contributed by atoms with Crippen molar-refractivity contribution < 1.29 is 17.9 Å². The Morgan fingerprint density at radius 2 is 1.95 bits per heavy atom. The van der Waals surface area contributed by atoms with Crippen LogP contribution in [0.25, 0.3) is 0 Å². The molecule has 0 amide bonds. The van der Waals surface area contributed by atoms with Crippen molar-refractivity contribution in [2.24, 2.45) is 0 Å². The monoisotopic (exact) mass is 289 g/mol. The van der Waals surface area contributed by atoms with E-state index in [0.717, 1.165) is 18.9 Å². The summed E-state index contributed by atoms with van der Waals surface area (Å²) in [4.78, 5) is -0.0402. The molecule has 1 aromatic carbocycles. The van der Waals surface area contributed by atoms with Crippen LogP contribution < -0.4 is 0 Å². The van der Waals surface area contributed by atoms with Gasteiger partial charge in [0.25, 0.3) is 0 Å². The molecule has 108 valence electrons. The van der Waals surface area contributed by atoms with Crippen LogP contribution in [0.1, 0.15) is 26.2 Å². The van der Waals surface area contributed by atoms with Gasteiger partial charge in [-0.2, -0.15) is 4.31 Å². The minimum absolute atomic E-state index is 0.0402. The lowest BCUT2D eigenvalue weighted by Gasteiger charge is -2.21. The molecule has 19 heavy (non-hydrogen) atoms. The minimum atomic E-state index is -3.69. The van der Waals surface area contributed by atoms with E-state index in [1.165, 1.54) is 22.5 Å². The van der Waals surface area contributed by atoms with Gasteiger partial charge in [-0.25, -0.2) is 12.8 Å². The van der Waals surface area contributed by atoms with E-state index in [1.54, 1.807) is 0 Å². The number of sulfonamides is 1. The van der Waals surface area contributed by atoms with Crippen LogP contribution in [0.5, 0.6) is 0 Å². The molecule has 0 radical (unpaired) electrons. The summed E-state index contributed by atoms with van der Waals surface area (Å²) < 4.78 is 39.2. The summed E-state index contributed by atoms with van der Waals surface area (Å²) in [5, 5.41) is 8.84. The fourth-order valence-electron chi connectivity index (χ4n) is 1.71. The minimum Gasteiger partial charge on any atom is -0.396 e. The Morgan fingerprint density at radius 1 is 1.26 bits per heavy atom. The van der Waals surface area contributed by atoms with Crippen molar-refractivity contribution in [3.05, 3.63) is 30.1 Å². The number of unbranched alkanes of at least 4 members (excludes halogenated alkanes) is 1. The van der Waals surface area contributed by atoms with Gasteiger partial charge in [0.2, 0.25) is 10.0 Å². The van der Waals surface area contributed by atoms with Crippen LogP contribution in [0.3, 0.4) is 0 Å². The molecule has 0 aliphatic rings. The molecule has 1 aromatic rings. The van der Waals surface area contributed by atoms with Crippen LogP contribution >= 0.6 is 0 Å². The topological polar surface area (TPSA) is 57.6 Å². The van der Waals surface area contributed by atoms with E-state index in [4.69, 9.17) is 5.11 Å². The highest BCUT2D eigenvalue weighted by atomic mass is 32.2. The van der Waals surface area contributed by atoms with Crippen LogP contribution in [-0.4, -0.2) is 37.5 Å². The Hall–Kier alpha value is -0.980. The maximum atomic E-state index is 13.1. The third kappa shape index (κ3) is 4.56. The molecule has 0 aromatic heterocycles. The van der Waals surface area contributed by atoms with E-state index in [9.17, 15) is 12.8 Å². The fourth-order valence-corrected chi connectivity index (χ4v) is 3.26. The Morgan fingerprint density at radius 3 is 2.53 bits per heavy atom. The molecular formula is C13H20FNO3S. The second kappa shape index (κ2) is 7.57. The number of benzene rings is 1. The molecule has 0 fully saturated rings. The first-order valence-electron chi connectivity index (χ1n) is 6.39. The molecule has 0 spiro atoms. The molecule has 0 saturated heterocycles. The zero-order chi connectivity index (χ0) is 14.3. The third-order valence-corrected chi connectivity index (χ3v) is 4.66. The molecule has 4 nitrogen and oxygen atoms in total. The van der Waals surface area contributed by atoms with Crippen molar-refractivity contribution in [1.82, 2.24) is 4.31 Å². The van der Waals surface area contributed by atoms with Gasteiger partial charge in [-0.05, 0) is 31.0 Å². The summed E-state index contributed by atoms with van der Waals surface area (Å²) >= 11 is 0. The first-order valence-corrected chi connectivity index (χ1v) is 7.83. The maximum Gasteiger partial charge on any atom is 0.243 e. The number of halogens is 1. The van der Waals surface area contributed by atoms with E-state index in [0.29, 0.717) is 13.0 Å². The first kappa shape index (κ1) is 16.1. The first-order chi connectivity index (χ1) is 9.02. The van der Waals surface area contributed by atoms with Crippen LogP contribution in [0.15, 0.2) is 29.2 Å². The van der Waals surface area contributed by atoms with Crippen molar-refractivity contribution in [2.45, 2.75) is 31.1 Å². The van der Waals surface area contributed by atoms with Gasteiger partial charge in [-0.3, -0.25) is 0 Å². The molecule has 1 rings (SSSR count). The smallest absolute Gasteiger partial charge is 0.243 e. The molecule has 0 saturated carbocycles. The van der Waals surface area contributed by atoms with Crippen molar-refractivity contribution in [3.8, 4) is 0 Å². The number of hydrogen-bond donors (Lipinski definition) is 1. The molecular weight excluding hydrogens is 269 g/mol. The molecule has 1 N–H and O–H groups in total. The van der Waals surface area contributed by atoms with Crippen LogP contribution in [0.4, 0.5) is 4.39 Å². The number of nitrogens with zero attached hydrogens (tertiary/aromatic N) is 1. The summed E-state index contributed by atoms with van der Waals surface area (Å²) in [7, 11) is -3.69. The van der Waals surface area contributed by atoms with E-state index in [1.807, 2.05) is 6.92 Å². The van der Waals surface area contributed by atoms with Crippen LogP contribution in [-0.2, 0) is 10.0 Å². The highest BCUT2D eigenvalue weighted by Crippen LogP contribution is 2.17. The lowest BCUT2D eigenvalue weighted by molar-refractivity contribution is 0.268. The Labute approximate surface area is 113 Å². The Bertz CT molecular complexity index is 482. The van der Waals surface area contributed by atoms with Gasteiger partial charge < -0.3 is 5.11 Å². The van der Waals surface area contributed by atoms with Crippen LogP contribution in [0.2, 0.25) is 0 Å². The van der Waals surface area contributed by atoms with Gasteiger partial charge in [-0.15, -0.1) is 0 Å². The molecule has 0 heterocycles. The maximum absolute atomic E-state index is 13.1. The Kier molecular flexibility index (Phi) is 6.41. The average molecular weight is 289 g/mol. The van der Waals surface area contributed by atoms with Crippen molar-refractivity contribution in [3.63, 3.8) is 0 Å². The molecule has 0 unspecified atom stereocenters.